The summed E-state index contributed by atoms with van der Waals surface area (Å²) in [5.74, 6) is 0.129. The second-order valence-electron chi connectivity index (χ2n) is 8.82. The van der Waals surface area contributed by atoms with Crippen molar-refractivity contribution in [1.82, 2.24) is 19.7 Å². The summed E-state index contributed by atoms with van der Waals surface area (Å²) in [7, 11) is 0. The van der Waals surface area contributed by atoms with Crippen LogP contribution in [0.1, 0.15) is 53.5 Å². The number of pyridine rings is 1. The van der Waals surface area contributed by atoms with Crippen molar-refractivity contribution in [2.24, 2.45) is 5.92 Å². The van der Waals surface area contributed by atoms with Crippen LogP contribution in [-0.2, 0) is 12.6 Å². The van der Waals surface area contributed by atoms with Crippen molar-refractivity contribution in [3.63, 3.8) is 0 Å². The van der Waals surface area contributed by atoms with Crippen LogP contribution in [0.3, 0.4) is 0 Å². The Morgan fingerprint density at radius 3 is 2.65 bits per heavy atom. The molecular formula is C25H26ClF3N4O. The van der Waals surface area contributed by atoms with Gasteiger partial charge in [-0.25, -0.2) is 4.68 Å². The van der Waals surface area contributed by atoms with E-state index in [0.717, 1.165) is 30.8 Å². The lowest BCUT2D eigenvalue weighted by molar-refractivity contribution is -0.137. The molecule has 5 nitrogen and oxygen atoms in total. The molecule has 34 heavy (non-hydrogen) atoms. The van der Waals surface area contributed by atoms with Crippen LogP contribution in [0.15, 0.2) is 48.8 Å². The first-order chi connectivity index (χ1) is 16.1. The maximum Gasteiger partial charge on any atom is 0.417 e. The minimum atomic E-state index is -4.41. The zero-order chi connectivity index (χ0) is 24.5. The highest BCUT2D eigenvalue weighted by molar-refractivity contribution is 6.31. The quantitative estimate of drug-likeness (QED) is 0.433. The normalized spacial score (nSPS) is 18.8. The first-order valence-electron chi connectivity index (χ1n) is 11.3. The summed E-state index contributed by atoms with van der Waals surface area (Å²) in [4.78, 5) is 19.6. The molecule has 1 aliphatic rings. The molecule has 0 saturated carbocycles. The monoisotopic (exact) mass is 490 g/mol. The van der Waals surface area contributed by atoms with E-state index in [4.69, 9.17) is 11.6 Å². The van der Waals surface area contributed by atoms with E-state index in [1.54, 1.807) is 22.9 Å². The molecule has 3 heterocycles. The molecule has 2 atom stereocenters. The maximum atomic E-state index is 13.8. The lowest BCUT2D eigenvalue weighted by Crippen LogP contribution is -2.48. The standard InChI is InChI=1S/C25H26ClF3N4O/c1-16-4-3-12-32(22(16)10-8-20-7-5-18(15-30-20)25(27,28)29)24(34)21-14-19(26)6-9-23(21)33-13-11-17(2)31-33/h5-7,9,11,13-16,22H,3-4,8,10,12H2,1-2H3/t16-,22-/m1/s1. The Labute approximate surface area is 201 Å². The first kappa shape index (κ1) is 24.3. The number of amides is 1. The van der Waals surface area contributed by atoms with Gasteiger partial charge in [-0.05, 0) is 74.9 Å². The number of carbonyl (C=O) groups excluding carboxylic acids is 1. The van der Waals surface area contributed by atoms with Crippen molar-refractivity contribution >= 4 is 17.5 Å². The number of alkyl halides is 3. The largest absolute Gasteiger partial charge is 0.417 e. The number of likely N-dealkylation sites (tertiary alicyclic amines) is 1. The van der Waals surface area contributed by atoms with Crippen LogP contribution in [0.25, 0.3) is 5.69 Å². The zero-order valence-corrected chi connectivity index (χ0v) is 19.8. The molecule has 1 aromatic carbocycles. The number of piperidine rings is 1. The molecule has 1 fully saturated rings. The minimum absolute atomic E-state index is 0.0588. The van der Waals surface area contributed by atoms with Gasteiger partial charge in [0.25, 0.3) is 5.91 Å². The highest BCUT2D eigenvalue weighted by Gasteiger charge is 2.34. The van der Waals surface area contributed by atoms with E-state index in [-0.39, 0.29) is 17.9 Å². The summed E-state index contributed by atoms with van der Waals surface area (Å²) in [6, 6.07) is 9.47. The topological polar surface area (TPSA) is 51.0 Å². The Hall–Kier alpha value is -2.87. The lowest BCUT2D eigenvalue weighted by Gasteiger charge is -2.40. The third-order valence-corrected chi connectivity index (χ3v) is 6.62. The fourth-order valence-electron chi connectivity index (χ4n) is 4.56. The number of carbonyl (C=O) groups is 1. The number of halogens is 4. The maximum absolute atomic E-state index is 13.8. The van der Waals surface area contributed by atoms with Crippen molar-refractivity contribution in [1.29, 1.82) is 0 Å². The molecule has 4 rings (SSSR count). The third-order valence-electron chi connectivity index (χ3n) is 6.38. The SMILES string of the molecule is Cc1ccn(-c2ccc(Cl)cc2C(=O)N2CCC[C@@H](C)[C@H]2CCc2ccc(C(F)(F)F)cn2)n1. The Morgan fingerprint density at radius 2 is 2.00 bits per heavy atom. The van der Waals surface area contributed by atoms with Crippen LogP contribution >= 0.6 is 11.6 Å². The van der Waals surface area contributed by atoms with E-state index in [1.165, 1.54) is 6.07 Å². The van der Waals surface area contributed by atoms with E-state index >= 15 is 0 Å². The van der Waals surface area contributed by atoms with Gasteiger partial charge in [0.2, 0.25) is 0 Å². The van der Waals surface area contributed by atoms with E-state index < -0.39 is 11.7 Å². The van der Waals surface area contributed by atoms with E-state index in [9.17, 15) is 18.0 Å². The molecule has 0 aliphatic carbocycles. The summed E-state index contributed by atoms with van der Waals surface area (Å²) in [6.45, 7) is 4.60. The number of benzene rings is 1. The smallest absolute Gasteiger partial charge is 0.335 e. The van der Waals surface area contributed by atoms with Crippen molar-refractivity contribution in [3.05, 3.63) is 76.3 Å². The Morgan fingerprint density at radius 1 is 1.21 bits per heavy atom. The second-order valence-corrected chi connectivity index (χ2v) is 9.26. The van der Waals surface area contributed by atoms with Gasteiger partial charge in [0, 0.05) is 35.7 Å². The van der Waals surface area contributed by atoms with Gasteiger partial charge in [-0.15, -0.1) is 0 Å². The van der Waals surface area contributed by atoms with Gasteiger partial charge < -0.3 is 4.90 Å². The van der Waals surface area contributed by atoms with Crippen LogP contribution in [0.4, 0.5) is 13.2 Å². The molecule has 0 radical (unpaired) electrons. The average molecular weight is 491 g/mol. The summed E-state index contributed by atoms with van der Waals surface area (Å²) in [5.41, 5.74) is 1.78. The highest BCUT2D eigenvalue weighted by atomic mass is 35.5. The molecule has 1 aliphatic heterocycles. The van der Waals surface area contributed by atoms with Crippen LogP contribution < -0.4 is 0 Å². The van der Waals surface area contributed by atoms with Crippen LogP contribution in [0, 0.1) is 12.8 Å². The van der Waals surface area contributed by atoms with Gasteiger partial charge in [0.15, 0.2) is 0 Å². The third kappa shape index (κ3) is 5.27. The van der Waals surface area contributed by atoms with Gasteiger partial charge >= 0.3 is 6.18 Å². The van der Waals surface area contributed by atoms with Crippen LogP contribution in [-0.4, -0.2) is 38.2 Å². The van der Waals surface area contributed by atoms with E-state index in [1.807, 2.05) is 24.1 Å². The zero-order valence-electron chi connectivity index (χ0n) is 19.0. The van der Waals surface area contributed by atoms with Crippen molar-refractivity contribution in [3.8, 4) is 5.69 Å². The van der Waals surface area contributed by atoms with Gasteiger partial charge in [-0.2, -0.15) is 18.3 Å². The molecule has 3 aromatic rings. The van der Waals surface area contributed by atoms with Gasteiger partial charge in [-0.1, -0.05) is 18.5 Å². The Bertz CT molecular complexity index is 1160. The Balaban J connectivity index is 1.57. The Kier molecular flexibility index (Phi) is 6.98. The molecule has 0 unspecified atom stereocenters. The van der Waals surface area contributed by atoms with Gasteiger partial charge in [-0.3, -0.25) is 9.78 Å². The molecule has 1 saturated heterocycles. The number of hydrogen-bond donors (Lipinski definition) is 0. The second kappa shape index (κ2) is 9.78. The summed E-state index contributed by atoms with van der Waals surface area (Å²) in [6.07, 6.45) is 1.23. The number of hydrogen-bond acceptors (Lipinski definition) is 3. The number of aryl methyl sites for hydroxylation is 2. The number of rotatable bonds is 5. The summed E-state index contributed by atoms with van der Waals surface area (Å²) < 4.78 is 40.2. The minimum Gasteiger partial charge on any atom is -0.335 e. The lowest BCUT2D eigenvalue weighted by atomic mass is 9.86. The van der Waals surface area contributed by atoms with Gasteiger partial charge in [0.1, 0.15) is 0 Å². The predicted octanol–water partition coefficient (Wildman–Crippen LogP) is 6.12. The first-order valence-corrected chi connectivity index (χ1v) is 11.7. The molecule has 0 bridgehead atoms. The molecule has 0 spiro atoms. The number of aromatic nitrogens is 3. The molecule has 0 N–H and O–H groups in total. The number of nitrogens with zero attached hydrogens (tertiary/aromatic N) is 4. The van der Waals surface area contributed by atoms with E-state index in [0.29, 0.717) is 41.4 Å². The molecular weight excluding hydrogens is 465 g/mol. The fourth-order valence-corrected chi connectivity index (χ4v) is 4.73. The molecule has 9 heteroatoms. The molecule has 180 valence electrons. The predicted molar refractivity (Wildman–Crippen MR) is 124 cm³/mol. The van der Waals surface area contributed by atoms with Gasteiger partial charge in [0.05, 0.1) is 22.5 Å². The van der Waals surface area contributed by atoms with E-state index in [2.05, 4.69) is 17.0 Å². The summed E-state index contributed by atoms with van der Waals surface area (Å²) >= 11 is 6.25. The molecule has 2 aromatic heterocycles. The van der Waals surface area contributed by atoms with Crippen molar-refractivity contribution in [2.75, 3.05) is 6.54 Å². The molecule has 1 amide bonds. The van der Waals surface area contributed by atoms with Crippen LogP contribution in [0.2, 0.25) is 5.02 Å². The van der Waals surface area contributed by atoms with Crippen molar-refractivity contribution in [2.45, 2.75) is 51.7 Å². The average Bonchev–Trinajstić information content (AvgIpc) is 3.23. The van der Waals surface area contributed by atoms with Crippen LogP contribution in [0.5, 0.6) is 0 Å². The van der Waals surface area contributed by atoms with Crippen molar-refractivity contribution < 1.29 is 18.0 Å². The highest BCUT2D eigenvalue weighted by Crippen LogP contribution is 2.31. The summed E-state index contributed by atoms with van der Waals surface area (Å²) in [5, 5.41) is 4.91. The fraction of sp³-hybridized carbons (Fsp3) is 0.400.